The molecule has 0 fully saturated rings. The first-order chi connectivity index (χ1) is 31.7. The Morgan fingerprint density at radius 2 is 0.465 bits per heavy atom. The Hall–Kier alpha value is -0.530. The van der Waals surface area contributed by atoms with Crippen molar-refractivity contribution in [2.45, 2.75) is 358 Å². The van der Waals surface area contributed by atoms with Crippen molar-refractivity contribution in [3.05, 3.63) is 0 Å². The van der Waals surface area contributed by atoms with Gasteiger partial charge in [0.25, 0.3) is 5.92 Å². The minimum absolute atomic E-state index is 0.0312. The van der Waals surface area contributed by atoms with E-state index < -0.39 is 35.5 Å². The van der Waals surface area contributed by atoms with Gasteiger partial charge in [-0.3, -0.25) is 0 Å². The summed E-state index contributed by atoms with van der Waals surface area (Å²) in [6.45, 7) is 56.8. The van der Waals surface area contributed by atoms with Crippen molar-refractivity contribution in [1.29, 1.82) is 0 Å². The predicted molar refractivity (Wildman–Crippen MR) is 306 cm³/mol. The largest absolute Gasteiger partial charge is 0.378 e. The number of alkyl halides is 7. The van der Waals surface area contributed by atoms with Crippen molar-refractivity contribution in [2.75, 3.05) is 13.7 Å². The standard InChI is InChI=1S/2C11H23F.C11H24.C10H20F2O.C10H20F2.C10H21F/c2*1-6-10(4,7-2)9-11(5,12)8-3;1-7-11(6,8-2)9-10(3,4)5;1-5-9(3,6-2)7-10(11,12)8-13-4;1-5-9(4,6-2)8-10(11,12)7-3;1-6-10(5,7-2)8-9(3,4)11/h2*6-9H2,1-5H3;7-9H2,1-6H3;5-8H2,1-4H3;5-8H2,1-4H3;6-8H2,1-5H3. The molecule has 0 aromatic rings. The second-order valence-corrected chi connectivity index (χ2v) is 26.5. The fourth-order valence-corrected chi connectivity index (χ4v) is 8.96. The van der Waals surface area contributed by atoms with E-state index in [1.54, 1.807) is 34.6 Å². The molecule has 2 atom stereocenters. The minimum Gasteiger partial charge on any atom is -0.378 e. The van der Waals surface area contributed by atoms with Gasteiger partial charge in [0.15, 0.2) is 0 Å². The van der Waals surface area contributed by atoms with Crippen LogP contribution < -0.4 is 0 Å². The Balaban J connectivity index is -0.000000179. The highest BCUT2D eigenvalue weighted by atomic mass is 19.3. The molecule has 0 saturated heterocycles. The average molecular weight is 1040 g/mol. The zero-order valence-electron chi connectivity index (χ0n) is 53.6. The molecular formula is C63H131F7O. The average Bonchev–Trinajstić information content (AvgIpc) is 3.28. The molecule has 71 heavy (non-hydrogen) atoms. The minimum atomic E-state index is -2.68. The van der Waals surface area contributed by atoms with Gasteiger partial charge in [-0.15, -0.1) is 0 Å². The number of ether oxygens (including phenoxy) is 1. The number of halogens is 7. The normalized spacial score (nSPS) is 14.9. The van der Waals surface area contributed by atoms with Gasteiger partial charge >= 0.3 is 0 Å². The lowest BCUT2D eigenvalue weighted by Gasteiger charge is -2.34. The summed E-state index contributed by atoms with van der Waals surface area (Å²) in [5.41, 5.74) is -1.76. The van der Waals surface area contributed by atoms with Crippen molar-refractivity contribution in [3.8, 4) is 0 Å². The van der Waals surface area contributed by atoms with Gasteiger partial charge in [-0.2, -0.15) is 0 Å². The van der Waals surface area contributed by atoms with Crippen LogP contribution in [0.1, 0.15) is 329 Å². The smallest absolute Gasteiger partial charge is 0.271 e. The van der Waals surface area contributed by atoms with Crippen LogP contribution in [0.25, 0.3) is 0 Å². The summed E-state index contributed by atoms with van der Waals surface area (Å²) in [6, 6.07) is 0. The van der Waals surface area contributed by atoms with Gasteiger partial charge in [0.05, 0.1) is 0 Å². The highest BCUT2D eigenvalue weighted by Crippen LogP contribution is 2.42. The van der Waals surface area contributed by atoms with Crippen molar-refractivity contribution in [2.24, 2.45) is 37.9 Å². The first-order valence-electron chi connectivity index (χ1n) is 29.0. The summed E-state index contributed by atoms with van der Waals surface area (Å²) in [6.07, 6.45) is 16.8. The van der Waals surface area contributed by atoms with Gasteiger partial charge in [0.1, 0.15) is 23.6 Å². The lowest BCUT2D eigenvalue weighted by atomic mass is 9.72. The van der Waals surface area contributed by atoms with E-state index in [0.717, 1.165) is 64.2 Å². The summed E-state index contributed by atoms with van der Waals surface area (Å²) >= 11 is 0. The van der Waals surface area contributed by atoms with Gasteiger partial charge in [0.2, 0.25) is 5.92 Å². The van der Waals surface area contributed by atoms with E-state index in [-0.39, 0.29) is 46.3 Å². The van der Waals surface area contributed by atoms with Crippen molar-refractivity contribution >= 4 is 0 Å². The Morgan fingerprint density at radius 1 is 0.254 bits per heavy atom. The van der Waals surface area contributed by atoms with Crippen LogP contribution in [0.3, 0.4) is 0 Å². The second kappa shape index (κ2) is 36.5. The van der Waals surface area contributed by atoms with Crippen LogP contribution >= 0.6 is 0 Å². The predicted octanol–water partition coefficient (Wildman–Crippen LogP) is 24.6. The molecule has 0 bridgehead atoms. The first-order valence-corrected chi connectivity index (χ1v) is 29.0. The molecule has 2 unspecified atom stereocenters. The van der Waals surface area contributed by atoms with Gasteiger partial charge in [0, 0.05) is 26.4 Å². The third kappa shape index (κ3) is 44.3. The maximum absolute atomic E-state index is 13.7. The van der Waals surface area contributed by atoms with Crippen LogP contribution in [-0.4, -0.2) is 42.6 Å². The Morgan fingerprint density at radius 3 is 0.620 bits per heavy atom. The lowest BCUT2D eigenvalue weighted by Crippen LogP contribution is -2.31. The second-order valence-electron chi connectivity index (χ2n) is 26.5. The number of methoxy groups -OCH3 is 1. The van der Waals surface area contributed by atoms with Gasteiger partial charge in [-0.05, 0) is 104 Å². The number of hydrogen-bond acceptors (Lipinski definition) is 1. The van der Waals surface area contributed by atoms with Crippen molar-refractivity contribution in [1.82, 2.24) is 0 Å². The van der Waals surface area contributed by atoms with E-state index in [9.17, 15) is 30.7 Å². The summed E-state index contributed by atoms with van der Waals surface area (Å²) in [5.74, 6) is -5.16. The fraction of sp³-hybridized carbons (Fsp3) is 1.00. The fourth-order valence-electron chi connectivity index (χ4n) is 8.96. The monoisotopic (exact) mass is 1040 g/mol. The molecule has 1 nitrogen and oxygen atoms in total. The molecule has 0 aromatic carbocycles. The summed E-state index contributed by atoms with van der Waals surface area (Å²) in [4.78, 5) is 0. The molecule has 8 heteroatoms. The molecule has 0 aromatic heterocycles. The molecule has 0 amide bonds. The van der Waals surface area contributed by atoms with E-state index in [0.29, 0.717) is 42.9 Å². The van der Waals surface area contributed by atoms with Gasteiger partial charge < -0.3 is 4.74 Å². The quantitative estimate of drug-likeness (QED) is 0.0710. The highest BCUT2D eigenvalue weighted by molar-refractivity contribution is 4.85. The maximum atomic E-state index is 13.7. The summed E-state index contributed by atoms with van der Waals surface area (Å²) in [7, 11) is 1.31. The van der Waals surface area contributed by atoms with E-state index in [1.807, 2.05) is 55.4 Å². The molecule has 0 aliphatic heterocycles. The molecule has 0 aliphatic rings. The zero-order valence-corrected chi connectivity index (χ0v) is 53.6. The maximum Gasteiger partial charge on any atom is 0.271 e. The first kappa shape index (κ1) is 81.8. The lowest BCUT2D eigenvalue weighted by molar-refractivity contribution is -0.0946. The van der Waals surface area contributed by atoms with E-state index in [2.05, 4.69) is 109 Å². The topological polar surface area (TPSA) is 9.23 Å². The molecule has 0 N–H and O–H groups in total. The van der Waals surface area contributed by atoms with Crippen LogP contribution in [-0.2, 0) is 4.74 Å². The van der Waals surface area contributed by atoms with Crippen LogP contribution in [0.15, 0.2) is 0 Å². The molecular weight excluding hydrogens is 906 g/mol. The van der Waals surface area contributed by atoms with Gasteiger partial charge in [-0.25, -0.2) is 30.7 Å². The molecule has 438 valence electrons. The van der Waals surface area contributed by atoms with Crippen LogP contribution in [0.5, 0.6) is 0 Å². The summed E-state index contributed by atoms with van der Waals surface area (Å²) in [5, 5.41) is 0. The van der Waals surface area contributed by atoms with Crippen LogP contribution in [0.4, 0.5) is 30.7 Å². The Bertz CT molecular complexity index is 1110. The van der Waals surface area contributed by atoms with E-state index in [4.69, 9.17) is 0 Å². The van der Waals surface area contributed by atoms with E-state index in [1.165, 1.54) is 26.4 Å². The Labute approximate surface area is 443 Å². The molecule has 0 aliphatic carbocycles. The van der Waals surface area contributed by atoms with Crippen molar-refractivity contribution < 1.29 is 35.5 Å². The Kier molecular flexibility index (Phi) is 42.1. The molecule has 0 spiro atoms. The molecule has 0 heterocycles. The summed E-state index contributed by atoms with van der Waals surface area (Å²) < 4.78 is 97.5. The molecule has 0 saturated carbocycles. The third-order valence-electron chi connectivity index (χ3n) is 17.4. The highest BCUT2D eigenvalue weighted by Gasteiger charge is 2.38. The number of rotatable bonds is 28. The van der Waals surface area contributed by atoms with Gasteiger partial charge in [-0.1, -0.05) is 243 Å². The third-order valence-corrected chi connectivity index (χ3v) is 17.4. The van der Waals surface area contributed by atoms with Crippen LogP contribution in [0.2, 0.25) is 0 Å². The van der Waals surface area contributed by atoms with Crippen molar-refractivity contribution in [3.63, 3.8) is 0 Å². The SMILES string of the molecule is CCC(C)(CC)CC(C)(C)C.CCC(C)(CC)CC(C)(C)F.CCC(C)(CC)CC(F)(F)COC.CCC(C)(F)CC(C)(CC)CC.CCC(C)(F)CC(C)(CC)CC.CCC(F)(F)CC(C)(CC)CC. The zero-order chi connectivity index (χ0) is 58.3. The number of hydrogen-bond donors (Lipinski definition) is 0. The molecule has 0 radical (unpaired) electrons. The van der Waals surface area contributed by atoms with E-state index >= 15 is 0 Å². The molecule has 0 rings (SSSR count). The van der Waals surface area contributed by atoms with Crippen LogP contribution in [0, 0.1) is 37.9 Å².